The largest absolute Gasteiger partial charge is 0.348 e. The highest BCUT2D eigenvalue weighted by molar-refractivity contribution is 7.89. The van der Waals surface area contributed by atoms with Crippen molar-refractivity contribution in [2.24, 2.45) is 16.7 Å². The highest BCUT2D eigenvalue weighted by Gasteiger charge is 2.59. The molecular weight excluding hydrogens is 372 g/mol. The number of nitrogens with one attached hydrogen (secondary N) is 1. The van der Waals surface area contributed by atoms with Crippen LogP contribution in [0.1, 0.15) is 69.7 Å². The minimum Gasteiger partial charge on any atom is -0.348 e. The van der Waals surface area contributed by atoms with Crippen LogP contribution in [-0.2, 0) is 10.0 Å². The highest BCUT2D eigenvalue weighted by Crippen LogP contribution is 2.62. The van der Waals surface area contributed by atoms with Crippen LogP contribution < -0.4 is 5.32 Å². The summed E-state index contributed by atoms with van der Waals surface area (Å²) in [5.74, 6) is 0.483. The second kappa shape index (κ2) is 6.84. The lowest BCUT2D eigenvalue weighted by molar-refractivity contribution is 0.0737. The van der Waals surface area contributed by atoms with Gasteiger partial charge in [0.2, 0.25) is 10.0 Å². The molecule has 1 heterocycles. The number of fused-ring (bicyclic) bond motifs is 2. The molecular formula is C22H32N2O3S. The topological polar surface area (TPSA) is 66.5 Å². The summed E-state index contributed by atoms with van der Waals surface area (Å²) in [5, 5.41) is 3.27. The molecule has 1 saturated heterocycles. The molecule has 3 fully saturated rings. The van der Waals surface area contributed by atoms with Gasteiger partial charge in [0.25, 0.3) is 5.91 Å². The van der Waals surface area contributed by atoms with Crippen molar-refractivity contribution in [3.05, 3.63) is 29.8 Å². The zero-order valence-electron chi connectivity index (χ0n) is 17.2. The molecule has 5 nitrogen and oxygen atoms in total. The molecule has 1 aliphatic heterocycles. The van der Waals surface area contributed by atoms with E-state index in [1.165, 1.54) is 6.42 Å². The Balaban J connectivity index is 1.55. The Morgan fingerprint density at radius 1 is 1.14 bits per heavy atom. The Kier molecular flexibility index (Phi) is 4.86. The Hall–Kier alpha value is -1.40. The molecule has 2 aliphatic carbocycles. The third kappa shape index (κ3) is 3.18. The number of hydrogen-bond donors (Lipinski definition) is 1. The fraction of sp³-hybridized carbons (Fsp3) is 0.682. The zero-order chi connectivity index (χ0) is 20.2. The molecule has 1 N–H and O–H groups in total. The van der Waals surface area contributed by atoms with Crippen LogP contribution >= 0.6 is 0 Å². The summed E-state index contributed by atoms with van der Waals surface area (Å²) >= 11 is 0. The van der Waals surface area contributed by atoms with Crippen LogP contribution in [-0.4, -0.2) is 37.8 Å². The SMILES string of the molecule is CC12CC[C@H](C1)C(C)(C)[C@@H]2NC(=O)c1cccc(S(=O)(=O)N2CCCCC2)c1. The molecule has 6 heteroatoms. The summed E-state index contributed by atoms with van der Waals surface area (Å²) in [4.78, 5) is 13.3. The minimum absolute atomic E-state index is 0.0696. The number of rotatable bonds is 4. The second-order valence-corrected chi connectivity index (χ2v) is 11.8. The van der Waals surface area contributed by atoms with E-state index in [1.54, 1.807) is 28.6 Å². The van der Waals surface area contributed by atoms with Gasteiger partial charge in [-0.2, -0.15) is 4.31 Å². The van der Waals surface area contributed by atoms with E-state index in [-0.39, 0.29) is 27.7 Å². The van der Waals surface area contributed by atoms with Gasteiger partial charge in [0.1, 0.15) is 0 Å². The summed E-state index contributed by atoms with van der Waals surface area (Å²) in [7, 11) is -3.54. The number of sulfonamides is 1. The number of carbonyl (C=O) groups is 1. The maximum Gasteiger partial charge on any atom is 0.251 e. The first kappa shape index (κ1) is 19.9. The predicted octanol–water partition coefficient (Wildman–Crippen LogP) is 3.81. The van der Waals surface area contributed by atoms with Gasteiger partial charge in [-0.15, -0.1) is 0 Å². The Labute approximate surface area is 168 Å². The molecule has 0 aromatic heterocycles. The van der Waals surface area contributed by atoms with Gasteiger partial charge in [-0.05, 0) is 67.1 Å². The van der Waals surface area contributed by atoms with Crippen LogP contribution in [0.15, 0.2) is 29.2 Å². The summed E-state index contributed by atoms with van der Waals surface area (Å²) < 4.78 is 27.5. The summed E-state index contributed by atoms with van der Waals surface area (Å²) in [6.45, 7) is 7.92. The van der Waals surface area contributed by atoms with Crippen molar-refractivity contribution in [1.82, 2.24) is 9.62 Å². The van der Waals surface area contributed by atoms with Gasteiger partial charge < -0.3 is 5.32 Å². The molecule has 2 saturated carbocycles. The van der Waals surface area contributed by atoms with Crippen molar-refractivity contribution in [3.63, 3.8) is 0 Å². The van der Waals surface area contributed by atoms with E-state index < -0.39 is 10.0 Å². The Bertz CT molecular complexity index is 869. The lowest BCUT2D eigenvalue weighted by Crippen LogP contribution is -2.52. The van der Waals surface area contributed by atoms with Crippen LogP contribution in [0.2, 0.25) is 0 Å². The van der Waals surface area contributed by atoms with Gasteiger partial charge in [-0.3, -0.25) is 4.79 Å². The molecule has 1 amide bonds. The summed E-state index contributed by atoms with van der Waals surface area (Å²) in [5.41, 5.74) is 0.641. The summed E-state index contributed by atoms with van der Waals surface area (Å²) in [6.07, 6.45) is 6.42. The summed E-state index contributed by atoms with van der Waals surface area (Å²) in [6, 6.07) is 6.66. The Morgan fingerprint density at radius 2 is 1.86 bits per heavy atom. The van der Waals surface area contributed by atoms with E-state index >= 15 is 0 Å². The maximum atomic E-state index is 13.0. The first-order valence-electron chi connectivity index (χ1n) is 10.6. The smallest absolute Gasteiger partial charge is 0.251 e. The van der Waals surface area contributed by atoms with Crippen LogP contribution in [0.3, 0.4) is 0 Å². The molecule has 3 aliphatic rings. The zero-order valence-corrected chi connectivity index (χ0v) is 18.0. The van der Waals surface area contributed by atoms with Crippen molar-refractivity contribution < 1.29 is 13.2 Å². The normalized spacial score (nSPS) is 32.4. The maximum absolute atomic E-state index is 13.0. The minimum atomic E-state index is -3.54. The van der Waals surface area contributed by atoms with Gasteiger partial charge >= 0.3 is 0 Å². The van der Waals surface area contributed by atoms with E-state index in [0.29, 0.717) is 24.6 Å². The van der Waals surface area contributed by atoms with E-state index in [2.05, 4.69) is 26.1 Å². The number of piperidine rings is 1. The van der Waals surface area contributed by atoms with E-state index in [0.717, 1.165) is 32.1 Å². The molecule has 3 atom stereocenters. The number of benzene rings is 1. The number of nitrogens with zero attached hydrogens (tertiary/aromatic N) is 1. The van der Waals surface area contributed by atoms with E-state index in [4.69, 9.17) is 0 Å². The van der Waals surface area contributed by atoms with Crippen LogP contribution in [0.5, 0.6) is 0 Å². The van der Waals surface area contributed by atoms with Crippen LogP contribution in [0.4, 0.5) is 0 Å². The van der Waals surface area contributed by atoms with Gasteiger partial charge in [0, 0.05) is 24.7 Å². The molecule has 4 rings (SSSR count). The van der Waals surface area contributed by atoms with Crippen molar-refractivity contribution in [1.29, 1.82) is 0 Å². The van der Waals surface area contributed by atoms with Crippen LogP contribution in [0.25, 0.3) is 0 Å². The lowest BCUT2D eigenvalue weighted by atomic mass is 9.68. The Morgan fingerprint density at radius 3 is 2.50 bits per heavy atom. The lowest BCUT2D eigenvalue weighted by Gasteiger charge is -2.43. The first-order chi connectivity index (χ1) is 13.1. The van der Waals surface area contributed by atoms with Crippen molar-refractivity contribution in [2.45, 2.75) is 70.2 Å². The highest BCUT2D eigenvalue weighted by atomic mass is 32.2. The molecule has 154 valence electrons. The van der Waals surface area contributed by atoms with Gasteiger partial charge in [-0.25, -0.2) is 8.42 Å². The third-order valence-corrected chi connectivity index (χ3v) is 9.49. The van der Waals surface area contributed by atoms with Crippen molar-refractivity contribution in [2.75, 3.05) is 13.1 Å². The average molecular weight is 405 g/mol. The molecule has 1 aromatic rings. The van der Waals surface area contributed by atoms with Gasteiger partial charge in [0.05, 0.1) is 4.90 Å². The molecule has 1 aromatic carbocycles. The number of amides is 1. The van der Waals surface area contributed by atoms with Crippen molar-refractivity contribution in [3.8, 4) is 0 Å². The standard InChI is InChI=1S/C22H32N2O3S/c1-21(2)17-10-11-22(3,15-17)20(21)23-19(25)16-8-7-9-18(14-16)28(26,27)24-12-5-4-6-13-24/h7-9,14,17,20H,4-6,10-13,15H2,1-3H3,(H,23,25)/t17-,20+,22?/m1/s1. The fourth-order valence-corrected chi connectivity index (χ4v) is 7.49. The van der Waals surface area contributed by atoms with Gasteiger partial charge in [0.15, 0.2) is 0 Å². The number of hydrogen-bond acceptors (Lipinski definition) is 3. The predicted molar refractivity (Wildman–Crippen MR) is 110 cm³/mol. The van der Waals surface area contributed by atoms with E-state index in [9.17, 15) is 13.2 Å². The molecule has 1 unspecified atom stereocenters. The fourth-order valence-electron chi connectivity index (χ4n) is 5.93. The second-order valence-electron chi connectivity index (χ2n) is 9.81. The first-order valence-corrected chi connectivity index (χ1v) is 12.0. The van der Waals surface area contributed by atoms with E-state index in [1.807, 2.05) is 0 Å². The molecule has 2 bridgehead atoms. The average Bonchev–Trinajstić information content (AvgIpc) is 3.17. The van der Waals surface area contributed by atoms with Crippen LogP contribution in [0, 0.1) is 16.7 Å². The third-order valence-electron chi connectivity index (χ3n) is 7.59. The molecule has 28 heavy (non-hydrogen) atoms. The quantitative estimate of drug-likeness (QED) is 0.830. The monoisotopic (exact) mass is 404 g/mol. The van der Waals surface area contributed by atoms with Gasteiger partial charge in [-0.1, -0.05) is 33.3 Å². The van der Waals surface area contributed by atoms with Crippen molar-refractivity contribution >= 4 is 15.9 Å². The molecule has 0 spiro atoms. The number of carbonyl (C=O) groups excluding carboxylic acids is 1. The molecule has 0 radical (unpaired) electrons.